The van der Waals surface area contributed by atoms with Crippen LogP contribution in [0.3, 0.4) is 0 Å². The number of anilines is 1. The number of nitrogens with zero attached hydrogens (tertiary/aromatic N) is 2. The molecular formula is C17H24ClN5O2. The standard InChI is InChI=1S/C17H23N5O2.ClH/c1-17(2,3)22-11-12(10-20-22)15(23)21-14-7-5-4-6-13(14)16(24)19-9-8-18;/h4-7,10-11H,8-9,18H2,1-3H3,(H,19,24)(H,21,23);1H. The quantitative estimate of drug-likeness (QED) is 0.754. The fourth-order valence-electron chi connectivity index (χ4n) is 2.07. The van der Waals surface area contributed by atoms with Crippen LogP contribution < -0.4 is 16.4 Å². The van der Waals surface area contributed by atoms with Gasteiger partial charge in [-0.25, -0.2) is 0 Å². The SMILES string of the molecule is CC(C)(C)n1cc(C(=O)Nc2ccccc2C(=O)NCCN)cn1.Cl. The Morgan fingerprint density at radius 2 is 1.88 bits per heavy atom. The van der Waals surface area contributed by atoms with Gasteiger partial charge in [0.25, 0.3) is 11.8 Å². The van der Waals surface area contributed by atoms with E-state index >= 15 is 0 Å². The Morgan fingerprint density at radius 1 is 1.20 bits per heavy atom. The summed E-state index contributed by atoms with van der Waals surface area (Å²) in [5.74, 6) is -0.591. The van der Waals surface area contributed by atoms with Crippen LogP contribution in [-0.2, 0) is 5.54 Å². The Balaban J connectivity index is 0.00000312. The van der Waals surface area contributed by atoms with Gasteiger partial charge in [0.1, 0.15) is 0 Å². The molecule has 0 radical (unpaired) electrons. The van der Waals surface area contributed by atoms with Crippen molar-refractivity contribution in [2.75, 3.05) is 18.4 Å². The van der Waals surface area contributed by atoms with Crippen molar-refractivity contribution >= 4 is 29.9 Å². The van der Waals surface area contributed by atoms with E-state index in [4.69, 9.17) is 5.73 Å². The van der Waals surface area contributed by atoms with Gasteiger partial charge in [-0.2, -0.15) is 5.10 Å². The van der Waals surface area contributed by atoms with Gasteiger partial charge in [0.05, 0.1) is 28.6 Å². The third-order valence-corrected chi connectivity index (χ3v) is 3.38. The number of para-hydroxylation sites is 1. The second-order valence-electron chi connectivity index (χ2n) is 6.39. The normalized spacial score (nSPS) is 10.7. The molecule has 0 aliphatic carbocycles. The Bertz CT molecular complexity index is 737. The minimum atomic E-state index is -0.315. The first-order valence-electron chi connectivity index (χ1n) is 7.76. The van der Waals surface area contributed by atoms with Crippen molar-refractivity contribution in [1.82, 2.24) is 15.1 Å². The molecule has 0 saturated heterocycles. The summed E-state index contributed by atoms with van der Waals surface area (Å²) >= 11 is 0. The number of hydrogen-bond donors (Lipinski definition) is 3. The predicted molar refractivity (Wildman–Crippen MR) is 100 cm³/mol. The molecule has 0 spiro atoms. The molecule has 136 valence electrons. The molecule has 0 unspecified atom stereocenters. The summed E-state index contributed by atoms with van der Waals surface area (Å²) in [6.07, 6.45) is 3.20. The first-order chi connectivity index (χ1) is 11.3. The molecule has 1 aromatic carbocycles. The second kappa shape index (κ2) is 8.64. The fraction of sp³-hybridized carbons (Fsp3) is 0.353. The average molecular weight is 366 g/mol. The zero-order valence-electron chi connectivity index (χ0n) is 14.6. The Morgan fingerprint density at radius 3 is 2.48 bits per heavy atom. The highest BCUT2D eigenvalue weighted by atomic mass is 35.5. The lowest BCUT2D eigenvalue weighted by atomic mass is 10.1. The number of hydrogen-bond acceptors (Lipinski definition) is 4. The molecule has 1 aromatic heterocycles. The molecule has 0 fully saturated rings. The summed E-state index contributed by atoms with van der Waals surface area (Å²) < 4.78 is 1.72. The van der Waals surface area contributed by atoms with Crippen LogP contribution in [-0.4, -0.2) is 34.7 Å². The third kappa shape index (κ3) is 5.30. The van der Waals surface area contributed by atoms with E-state index in [1.54, 1.807) is 35.1 Å². The summed E-state index contributed by atoms with van der Waals surface area (Å²) in [5.41, 5.74) is 6.45. The predicted octanol–water partition coefficient (Wildman–Crippen LogP) is 2.00. The van der Waals surface area contributed by atoms with E-state index in [-0.39, 0.29) is 29.8 Å². The molecule has 25 heavy (non-hydrogen) atoms. The minimum Gasteiger partial charge on any atom is -0.351 e. The average Bonchev–Trinajstić information content (AvgIpc) is 3.03. The number of carbonyl (C=O) groups excluding carboxylic acids is 2. The molecule has 0 bridgehead atoms. The summed E-state index contributed by atoms with van der Waals surface area (Å²) in [5, 5.41) is 9.67. The van der Waals surface area contributed by atoms with Crippen LogP contribution in [0.5, 0.6) is 0 Å². The minimum absolute atomic E-state index is 0. The number of nitrogens with one attached hydrogen (secondary N) is 2. The molecule has 7 nitrogen and oxygen atoms in total. The molecule has 2 aromatic rings. The smallest absolute Gasteiger partial charge is 0.258 e. The number of benzene rings is 1. The molecule has 1 heterocycles. The fourth-order valence-corrected chi connectivity index (χ4v) is 2.07. The number of rotatable bonds is 5. The Labute approximate surface area is 153 Å². The summed E-state index contributed by atoms with van der Waals surface area (Å²) in [7, 11) is 0. The van der Waals surface area contributed by atoms with Crippen LogP contribution in [0.2, 0.25) is 0 Å². The molecule has 8 heteroatoms. The van der Waals surface area contributed by atoms with E-state index in [9.17, 15) is 9.59 Å². The van der Waals surface area contributed by atoms with Crippen LogP contribution in [0.25, 0.3) is 0 Å². The van der Waals surface area contributed by atoms with Crippen molar-refractivity contribution in [2.24, 2.45) is 5.73 Å². The van der Waals surface area contributed by atoms with Gasteiger partial charge in [0.2, 0.25) is 0 Å². The summed E-state index contributed by atoms with van der Waals surface area (Å²) in [6, 6.07) is 6.84. The number of halogens is 1. The van der Waals surface area contributed by atoms with E-state index in [0.717, 1.165) is 0 Å². The first-order valence-corrected chi connectivity index (χ1v) is 7.76. The van der Waals surface area contributed by atoms with Crippen molar-refractivity contribution in [3.8, 4) is 0 Å². The van der Waals surface area contributed by atoms with Gasteiger partial charge in [-0.15, -0.1) is 12.4 Å². The molecule has 0 aliphatic heterocycles. The number of aromatic nitrogens is 2. The van der Waals surface area contributed by atoms with E-state index in [1.165, 1.54) is 6.20 Å². The highest BCUT2D eigenvalue weighted by Crippen LogP contribution is 2.17. The molecular weight excluding hydrogens is 342 g/mol. The van der Waals surface area contributed by atoms with Gasteiger partial charge in [-0.1, -0.05) is 12.1 Å². The second-order valence-corrected chi connectivity index (χ2v) is 6.39. The molecule has 2 rings (SSSR count). The molecule has 0 aliphatic rings. The van der Waals surface area contributed by atoms with E-state index < -0.39 is 0 Å². The van der Waals surface area contributed by atoms with Crippen molar-refractivity contribution in [3.05, 3.63) is 47.8 Å². The van der Waals surface area contributed by atoms with Crippen LogP contribution in [0.15, 0.2) is 36.7 Å². The lowest BCUT2D eigenvalue weighted by molar-refractivity contribution is 0.0955. The third-order valence-electron chi connectivity index (χ3n) is 3.38. The van der Waals surface area contributed by atoms with Gasteiger partial charge in [0, 0.05) is 19.3 Å². The van der Waals surface area contributed by atoms with Crippen molar-refractivity contribution < 1.29 is 9.59 Å². The molecule has 0 saturated carbocycles. The highest BCUT2D eigenvalue weighted by molar-refractivity contribution is 6.08. The van der Waals surface area contributed by atoms with Crippen molar-refractivity contribution in [3.63, 3.8) is 0 Å². The van der Waals surface area contributed by atoms with E-state index in [1.807, 2.05) is 20.8 Å². The van der Waals surface area contributed by atoms with Crippen LogP contribution in [0.4, 0.5) is 5.69 Å². The summed E-state index contributed by atoms with van der Waals surface area (Å²) in [4.78, 5) is 24.6. The van der Waals surface area contributed by atoms with Crippen molar-refractivity contribution in [1.29, 1.82) is 0 Å². The number of carbonyl (C=O) groups is 2. The largest absolute Gasteiger partial charge is 0.351 e. The van der Waals surface area contributed by atoms with E-state index in [0.29, 0.717) is 29.9 Å². The monoisotopic (exact) mass is 365 g/mol. The maximum atomic E-state index is 12.4. The van der Waals surface area contributed by atoms with Crippen molar-refractivity contribution in [2.45, 2.75) is 26.3 Å². The lowest BCUT2D eigenvalue weighted by Crippen LogP contribution is -2.30. The number of nitrogens with two attached hydrogens (primary N) is 1. The summed E-state index contributed by atoms with van der Waals surface area (Å²) in [6.45, 7) is 6.72. The van der Waals surface area contributed by atoms with Gasteiger partial charge >= 0.3 is 0 Å². The van der Waals surface area contributed by atoms with E-state index in [2.05, 4.69) is 15.7 Å². The topological polar surface area (TPSA) is 102 Å². The maximum Gasteiger partial charge on any atom is 0.258 e. The lowest BCUT2D eigenvalue weighted by Gasteiger charge is -2.18. The van der Waals surface area contributed by atoms with Gasteiger partial charge in [-0.05, 0) is 32.9 Å². The molecule has 2 amide bonds. The zero-order chi connectivity index (χ0) is 17.7. The van der Waals surface area contributed by atoms with Gasteiger partial charge in [-0.3, -0.25) is 14.3 Å². The first kappa shape index (κ1) is 20.7. The maximum absolute atomic E-state index is 12.4. The van der Waals surface area contributed by atoms with Gasteiger partial charge in [0.15, 0.2) is 0 Å². The Hall–Kier alpha value is -2.38. The zero-order valence-corrected chi connectivity index (χ0v) is 15.4. The van der Waals surface area contributed by atoms with Gasteiger partial charge < -0.3 is 16.4 Å². The van der Waals surface area contributed by atoms with Crippen LogP contribution in [0, 0.1) is 0 Å². The highest BCUT2D eigenvalue weighted by Gasteiger charge is 2.18. The van der Waals surface area contributed by atoms with Crippen LogP contribution >= 0.6 is 12.4 Å². The molecule has 4 N–H and O–H groups in total. The van der Waals surface area contributed by atoms with Crippen LogP contribution in [0.1, 0.15) is 41.5 Å². The number of amides is 2. The molecule has 0 atom stereocenters. The Kier molecular flexibility index (Phi) is 7.14.